The van der Waals surface area contributed by atoms with E-state index in [0.717, 1.165) is 44.9 Å². The Bertz CT molecular complexity index is 2160. The average molecular weight is 630 g/mol. The molecule has 1 aromatic heterocycles. The molecule has 0 unspecified atom stereocenters. The van der Waals surface area contributed by atoms with Gasteiger partial charge in [-0.25, -0.2) is 0 Å². The van der Waals surface area contributed by atoms with Gasteiger partial charge in [-0.1, -0.05) is 103 Å². The smallest absolute Gasteiger partial charge is 0.270 e. The Kier molecular flexibility index (Phi) is 7.94. The molecule has 6 aromatic rings. The van der Waals surface area contributed by atoms with Crippen molar-refractivity contribution >= 4 is 46.6 Å². The lowest BCUT2D eigenvalue weighted by molar-refractivity contribution is -0.120. The van der Waals surface area contributed by atoms with Gasteiger partial charge in [0.05, 0.1) is 22.8 Å². The highest BCUT2D eigenvalue weighted by Gasteiger charge is 2.41. The molecule has 0 N–H and O–H groups in total. The fraction of sp³-hybridized carbons (Fsp3) is 0.0488. The zero-order valence-corrected chi connectivity index (χ0v) is 26.8. The Morgan fingerprint density at radius 3 is 1.62 bits per heavy atom. The van der Waals surface area contributed by atoms with Crippen LogP contribution in [0, 0.1) is 13.8 Å². The predicted molar refractivity (Wildman–Crippen MR) is 195 cm³/mol. The summed E-state index contributed by atoms with van der Waals surface area (Å²) in [6.45, 7) is 4.02. The quantitative estimate of drug-likeness (QED) is 0.105. The van der Waals surface area contributed by atoms with E-state index in [1.54, 1.807) is 6.08 Å². The zero-order valence-electron chi connectivity index (χ0n) is 26.0. The van der Waals surface area contributed by atoms with E-state index < -0.39 is 11.8 Å². The first kappa shape index (κ1) is 29.8. The summed E-state index contributed by atoms with van der Waals surface area (Å²) in [7, 11) is 0. The lowest BCUT2D eigenvalue weighted by atomic mass is 10.0. The van der Waals surface area contributed by atoms with Gasteiger partial charge in [0.25, 0.3) is 11.8 Å². The molecule has 1 aliphatic heterocycles. The molecule has 6 heteroatoms. The number of benzene rings is 5. The van der Waals surface area contributed by atoms with Crippen LogP contribution in [0.25, 0.3) is 34.3 Å². The molecule has 0 saturated carbocycles. The molecule has 2 amide bonds. The number of thiocarbonyl (C=S) groups is 1. The molecule has 1 aliphatic rings. The van der Waals surface area contributed by atoms with Crippen molar-refractivity contribution in [1.29, 1.82) is 0 Å². The van der Waals surface area contributed by atoms with Gasteiger partial charge in [0.15, 0.2) is 5.11 Å². The van der Waals surface area contributed by atoms with Crippen molar-refractivity contribution in [3.63, 3.8) is 0 Å². The van der Waals surface area contributed by atoms with Gasteiger partial charge in [-0.3, -0.25) is 19.4 Å². The lowest BCUT2D eigenvalue weighted by Crippen LogP contribution is -2.57. The number of hydrogen-bond donors (Lipinski definition) is 0. The van der Waals surface area contributed by atoms with Crippen molar-refractivity contribution in [3.05, 3.63) is 168 Å². The molecule has 7 rings (SSSR count). The van der Waals surface area contributed by atoms with Gasteiger partial charge in [0, 0.05) is 11.3 Å². The molecule has 0 spiro atoms. The van der Waals surface area contributed by atoms with Crippen molar-refractivity contribution in [3.8, 4) is 28.2 Å². The largest absolute Gasteiger partial charge is 0.309 e. The molecule has 0 atom stereocenters. The number of nitrogens with zero attached hydrogens (tertiary/aromatic N) is 3. The van der Waals surface area contributed by atoms with Gasteiger partial charge in [-0.2, -0.15) is 0 Å². The summed E-state index contributed by atoms with van der Waals surface area (Å²) in [5, 5.41) is 0.113. The number of rotatable bonds is 6. The van der Waals surface area contributed by atoms with Crippen LogP contribution in [-0.2, 0) is 9.59 Å². The fourth-order valence-electron chi connectivity index (χ4n) is 5.98. The second kappa shape index (κ2) is 12.5. The van der Waals surface area contributed by atoms with Gasteiger partial charge in [-0.15, -0.1) is 0 Å². The average Bonchev–Trinajstić information content (AvgIpc) is 3.49. The molecule has 1 saturated heterocycles. The first-order valence-corrected chi connectivity index (χ1v) is 15.8. The van der Waals surface area contributed by atoms with Crippen molar-refractivity contribution in [2.45, 2.75) is 13.8 Å². The Morgan fingerprint density at radius 2 is 1.04 bits per heavy atom. The van der Waals surface area contributed by atoms with E-state index in [-0.39, 0.29) is 10.7 Å². The van der Waals surface area contributed by atoms with Crippen molar-refractivity contribution < 1.29 is 9.59 Å². The van der Waals surface area contributed by atoms with E-state index >= 15 is 0 Å². The number of anilines is 2. The Morgan fingerprint density at radius 1 is 0.532 bits per heavy atom. The number of carbonyl (C=O) groups is 2. The maximum Gasteiger partial charge on any atom is 0.270 e. The van der Waals surface area contributed by atoms with Gasteiger partial charge in [0.1, 0.15) is 5.57 Å². The van der Waals surface area contributed by atoms with Crippen LogP contribution >= 0.6 is 12.2 Å². The standard InChI is InChI=1S/C41H31N3O2S/c1-28-23-24-35(25-29(28)2)44-40(46)36(39(45)43(41(44)47)34-21-13-6-14-22-34)26-32-27-37(30-15-7-3-8-16-30)42(33-19-11-5-12-20-33)38(32)31-17-9-4-10-18-31/h3-27H,1-2H3/b36-26-. The SMILES string of the molecule is Cc1ccc(N2C(=O)/C(=C\c3cc(-c4ccccc4)n(-c4ccccc4)c3-c3ccccc3)C(=O)N(c3ccccc3)C2=S)cc1C. The van der Waals surface area contributed by atoms with Crippen molar-refractivity contribution in [1.82, 2.24) is 4.57 Å². The molecule has 0 bridgehead atoms. The maximum atomic E-state index is 14.5. The Labute approximate surface area is 279 Å². The molecule has 228 valence electrons. The van der Waals surface area contributed by atoms with Crippen LogP contribution < -0.4 is 9.80 Å². The highest BCUT2D eigenvalue weighted by atomic mass is 32.1. The van der Waals surface area contributed by atoms with E-state index in [2.05, 4.69) is 34.9 Å². The zero-order chi connectivity index (χ0) is 32.5. The number of aryl methyl sites for hydroxylation is 2. The Balaban J connectivity index is 1.50. The molecule has 5 aromatic carbocycles. The van der Waals surface area contributed by atoms with Crippen molar-refractivity contribution in [2.75, 3.05) is 9.80 Å². The minimum absolute atomic E-state index is 0.0164. The third kappa shape index (κ3) is 5.49. The highest BCUT2D eigenvalue weighted by Crippen LogP contribution is 2.38. The normalized spacial score (nSPS) is 14.3. The number of amides is 2. The molecule has 0 radical (unpaired) electrons. The highest BCUT2D eigenvalue weighted by molar-refractivity contribution is 7.81. The molecule has 5 nitrogen and oxygen atoms in total. The maximum absolute atomic E-state index is 14.5. The van der Waals surface area contributed by atoms with E-state index in [1.165, 1.54) is 9.80 Å². The second-order valence-corrected chi connectivity index (χ2v) is 11.8. The predicted octanol–water partition coefficient (Wildman–Crippen LogP) is 9.18. The number of hydrogen-bond acceptors (Lipinski definition) is 3. The minimum atomic E-state index is -0.473. The van der Waals surface area contributed by atoms with Crippen LogP contribution in [0.1, 0.15) is 16.7 Å². The summed E-state index contributed by atoms with van der Waals surface area (Å²) in [5.74, 6) is -0.942. The molecular formula is C41H31N3O2S. The van der Waals surface area contributed by atoms with Gasteiger partial charge < -0.3 is 4.57 Å². The number of carbonyl (C=O) groups excluding carboxylic acids is 2. The second-order valence-electron chi connectivity index (χ2n) is 11.5. The molecule has 0 aliphatic carbocycles. The topological polar surface area (TPSA) is 45.6 Å². The van der Waals surface area contributed by atoms with Gasteiger partial charge in [-0.05, 0) is 96.9 Å². The van der Waals surface area contributed by atoms with Crippen molar-refractivity contribution in [2.24, 2.45) is 0 Å². The van der Waals surface area contributed by atoms with Crippen LogP contribution in [0.5, 0.6) is 0 Å². The van der Waals surface area contributed by atoms with Crippen LogP contribution in [0.15, 0.2) is 151 Å². The third-order valence-corrected chi connectivity index (χ3v) is 8.84. The molecule has 1 fully saturated rings. The van der Waals surface area contributed by atoms with E-state index in [9.17, 15) is 9.59 Å². The summed E-state index contributed by atoms with van der Waals surface area (Å²) in [6.07, 6.45) is 1.73. The summed E-state index contributed by atoms with van der Waals surface area (Å²) >= 11 is 5.89. The van der Waals surface area contributed by atoms with Gasteiger partial charge in [0.2, 0.25) is 0 Å². The summed E-state index contributed by atoms with van der Waals surface area (Å²) < 4.78 is 2.19. The molecule has 47 heavy (non-hydrogen) atoms. The van der Waals surface area contributed by atoms with Crippen LogP contribution in [0.2, 0.25) is 0 Å². The lowest BCUT2D eigenvalue weighted by Gasteiger charge is -2.36. The summed E-state index contributed by atoms with van der Waals surface area (Å²) in [5.41, 5.74) is 8.76. The monoisotopic (exact) mass is 629 g/mol. The van der Waals surface area contributed by atoms with Crippen LogP contribution in [-0.4, -0.2) is 21.5 Å². The fourth-order valence-corrected chi connectivity index (χ4v) is 6.36. The minimum Gasteiger partial charge on any atom is -0.309 e. The van der Waals surface area contributed by atoms with Gasteiger partial charge >= 0.3 is 0 Å². The first-order valence-electron chi connectivity index (χ1n) is 15.4. The van der Waals surface area contributed by atoms with E-state index in [1.807, 2.05) is 129 Å². The summed E-state index contributed by atoms with van der Waals surface area (Å²) in [4.78, 5) is 31.9. The first-order chi connectivity index (χ1) is 22.9. The van der Waals surface area contributed by atoms with Crippen LogP contribution in [0.4, 0.5) is 11.4 Å². The van der Waals surface area contributed by atoms with E-state index in [4.69, 9.17) is 12.2 Å². The Hall–Kier alpha value is -5.85. The molecular weight excluding hydrogens is 599 g/mol. The third-order valence-electron chi connectivity index (χ3n) is 8.47. The van der Waals surface area contributed by atoms with Crippen LogP contribution in [0.3, 0.4) is 0 Å². The summed E-state index contributed by atoms with van der Waals surface area (Å²) in [6, 6.07) is 47.4. The molecule has 2 heterocycles. The van der Waals surface area contributed by atoms with E-state index in [0.29, 0.717) is 11.4 Å². The number of aromatic nitrogens is 1. The number of para-hydroxylation sites is 2.